The second-order valence-corrected chi connectivity index (χ2v) is 7.10. The van der Waals surface area contributed by atoms with E-state index in [2.05, 4.69) is 0 Å². The number of benzene rings is 1. The SMILES string of the molecule is CC1(C)OB(C(=Cc2cccc(CCC(=O)O)c2)CO)OC1(C)C. The van der Waals surface area contributed by atoms with Crippen LogP contribution in [0.5, 0.6) is 0 Å². The van der Waals surface area contributed by atoms with Crippen LogP contribution >= 0.6 is 0 Å². The Kier molecular flexibility index (Phi) is 5.53. The summed E-state index contributed by atoms with van der Waals surface area (Å²) in [5.74, 6) is -0.816. The minimum Gasteiger partial charge on any atom is -0.481 e. The van der Waals surface area contributed by atoms with Crippen LogP contribution in [-0.2, 0) is 20.5 Å². The van der Waals surface area contributed by atoms with Crippen molar-refractivity contribution in [2.24, 2.45) is 0 Å². The second-order valence-electron chi connectivity index (χ2n) is 7.10. The van der Waals surface area contributed by atoms with Gasteiger partial charge in [0.1, 0.15) is 0 Å². The van der Waals surface area contributed by atoms with Gasteiger partial charge in [0, 0.05) is 6.42 Å². The first-order valence-electron chi connectivity index (χ1n) is 8.12. The van der Waals surface area contributed by atoms with Gasteiger partial charge in [-0.15, -0.1) is 0 Å². The van der Waals surface area contributed by atoms with Crippen molar-refractivity contribution in [1.82, 2.24) is 0 Å². The summed E-state index contributed by atoms with van der Waals surface area (Å²) in [6, 6.07) is 7.60. The van der Waals surface area contributed by atoms with Crippen molar-refractivity contribution in [1.29, 1.82) is 0 Å². The largest absolute Gasteiger partial charge is 0.492 e. The lowest BCUT2D eigenvalue weighted by Gasteiger charge is -2.32. The van der Waals surface area contributed by atoms with E-state index < -0.39 is 24.3 Å². The molecule has 0 unspecified atom stereocenters. The van der Waals surface area contributed by atoms with Crippen LogP contribution in [0.1, 0.15) is 45.2 Å². The molecule has 1 fully saturated rings. The maximum atomic E-state index is 10.7. The Morgan fingerprint density at radius 2 is 1.83 bits per heavy atom. The van der Waals surface area contributed by atoms with Crippen molar-refractivity contribution in [2.45, 2.75) is 51.7 Å². The van der Waals surface area contributed by atoms with Crippen molar-refractivity contribution in [2.75, 3.05) is 6.61 Å². The maximum Gasteiger partial charge on any atom is 0.492 e. The van der Waals surface area contributed by atoms with E-state index in [1.807, 2.05) is 58.0 Å². The van der Waals surface area contributed by atoms with Gasteiger partial charge in [-0.3, -0.25) is 4.79 Å². The minimum absolute atomic E-state index is 0.0945. The molecule has 0 aliphatic carbocycles. The highest BCUT2D eigenvalue weighted by Gasteiger charge is 2.52. The first kappa shape index (κ1) is 18.7. The van der Waals surface area contributed by atoms with Crippen LogP contribution in [0.25, 0.3) is 6.08 Å². The van der Waals surface area contributed by atoms with Gasteiger partial charge in [0.15, 0.2) is 0 Å². The fraction of sp³-hybridized carbons (Fsp3) is 0.500. The Hall–Kier alpha value is -1.63. The molecule has 0 amide bonds. The summed E-state index contributed by atoms with van der Waals surface area (Å²) >= 11 is 0. The molecular weight excluding hydrogens is 307 g/mol. The molecule has 1 saturated heterocycles. The number of hydrogen-bond acceptors (Lipinski definition) is 4. The second kappa shape index (κ2) is 7.09. The number of rotatable bonds is 6. The zero-order valence-corrected chi connectivity index (χ0v) is 14.7. The molecule has 0 spiro atoms. The number of hydrogen-bond donors (Lipinski definition) is 2. The first-order chi connectivity index (χ1) is 11.1. The Labute approximate surface area is 143 Å². The van der Waals surface area contributed by atoms with Crippen LogP contribution in [0.2, 0.25) is 0 Å². The molecule has 0 atom stereocenters. The van der Waals surface area contributed by atoms with E-state index in [-0.39, 0.29) is 13.0 Å². The van der Waals surface area contributed by atoms with Gasteiger partial charge in [0.25, 0.3) is 0 Å². The lowest BCUT2D eigenvalue weighted by molar-refractivity contribution is -0.136. The van der Waals surface area contributed by atoms with Crippen LogP contribution in [0.15, 0.2) is 29.7 Å². The minimum atomic E-state index is -0.816. The average molecular weight is 332 g/mol. The molecule has 1 aliphatic heterocycles. The van der Waals surface area contributed by atoms with Crippen LogP contribution in [0.4, 0.5) is 0 Å². The third-order valence-corrected chi connectivity index (χ3v) is 4.67. The number of aliphatic hydroxyl groups is 1. The molecular formula is C18H25BO5. The highest BCUT2D eigenvalue weighted by Crippen LogP contribution is 2.38. The van der Waals surface area contributed by atoms with Gasteiger partial charge >= 0.3 is 13.1 Å². The van der Waals surface area contributed by atoms with Crippen LogP contribution in [0, 0.1) is 0 Å². The summed E-state index contributed by atoms with van der Waals surface area (Å²) in [7, 11) is -0.595. The van der Waals surface area contributed by atoms with Crippen LogP contribution < -0.4 is 0 Å². The summed E-state index contributed by atoms with van der Waals surface area (Å²) in [6.07, 6.45) is 2.41. The Balaban J connectivity index is 2.19. The first-order valence-corrected chi connectivity index (χ1v) is 8.12. The Morgan fingerprint density at radius 1 is 1.21 bits per heavy atom. The molecule has 0 bridgehead atoms. The Bertz CT molecular complexity index is 620. The van der Waals surface area contributed by atoms with E-state index in [1.165, 1.54) is 0 Å². The molecule has 1 aromatic rings. The molecule has 0 aromatic heterocycles. The third-order valence-electron chi connectivity index (χ3n) is 4.67. The molecule has 1 aliphatic rings. The van der Waals surface area contributed by atoms with E-state index in [4.69, 9.17) is 14.4 Å². The fourth-order valence-electron chi connectivity index (χ4n) is 2.49. The van der Waals surface area contributed by atoms with Crippen molar-refractivity contribution in [3.8, 4) is 0 Å². The highest BCUT2D eigenvalue weighted by molar-refractivity contribution is 6.55. The molecule has 0 radical (unpaired) electrons. The van der Waals surface area contributed by atoms with Crippen molar-refractivity contribution in [3.63, 3.8) is 0 Å². The summed E-state index contributed by atoms with van der Waals surface area (Å²) in [5.41, 5.74) is 1.54. The highest BCUT2D eigenvalue weighted by atomic mass is 16.7. The Morgan fingerprint density at radius 3 is 2.38 bits per heavy atom. The smallest absolute Gasteiger partial charge is 0.481 e. The molecule has 1 aromatic carbocycles. The zero-order chi connectivity index (χ0) is 18.0. The van der Waals surface area contributed by atoms with Crippen molar-refractivity contribution < 1.29 is 24.3 Å². The van der Waals surface area contributed by atoms with Crippen LogP contribution in [0.3, 0.4) is 0 Å². The normalized spacial score (nSPS) is 19.5. The number of carbonyl (C=O) groups is 1. The summed E-state index contributed by atoms with van der Waals surface area (Å²) < 4.78 is 11.9. The van der Waals surface area contributed by atoms with Gasteiger partial charge < -0.3 is 19.5 Å². The van der Waals surface area contributed by atoms with Gasteiger partial charge in [0.2, 0.25) is 0 Å². The molecule has 24 heavy (non-hydrogen) atoms. The summed E-state index contributed by atoms with van der Waals surface area (Å²) in [6.45, 7) is 7.70. The average Bonchev–Trinajstić information content (AvgIpc) is 2.71. The zero-order valence-electron chi connectivity index (χ0n) is 14.7. The lowest BCUT2D eigenvalue weighted by atomic mass is 9.77. The van der Waals surface area contributed by atoms with Crippen LogP contribution in [-0.4, -0.2) is 41.1 Å². The molecule has 0 saturated carbocycles. The number of aliphatic carboxylic acids is 1. The van der Waals surface area contributed by atoms with Gasteiger partial charge in [-0.25, -0.2) is 0 Å². The van der Waals surface area contributed by atoms with Crippen molar-refractivity contribution in [3.05, 3.63) is 40.9 Å². The molecule has 2 rings (SSSR count). The van der Waals surface area contributed by atoms with Gasteiger partial charge in [-0.2, -0.15) is 0 Å². The van der Waals surface area contributed by atoms with E-state index in [1.54, 1.807) is 0 Å². The van der Waals surface area contributed by atoms with E-state index in [0.29, 0.717) is 11.9 Å². The van der Waals surface area contributed by atoms with Gasteiger partial charge in [-0.1, -0.05) is 30.3 Å². The predicted octanol–water partition coefficient (Wildman–Crippen LogP) is 2.71. The summed E-state index contributed by atoms with van der Waals surface area (Å²) in [5, 5.41) is 18.5. The van der Waals surface area contributed by atoms with E-state index in [0.717, 1.165) is 11.1 Å². The number of carboxylic acids is 1. The van der Waals surface area contributed by atoms with E-state index >= 15 is 0 Å². The number of aliphatic hydroxyl groups excluding tert-OH is 1. The molecule has 5 nitrogen and oxygen atoms in total. The molecule has 2 N–H and O–H groups in total. The standard InChI is InChI=1S/C18H25BO5/c1-17(2)18(3,4)24-19(23-17)15(12-20)11-14-7-5-6-13(10-14)8-9-16(21)22/h5-7,10-11,20H,8-9,12H2,1-4H3,(H,21,22). The topological polar surface area (TPSA) is 76.0 Å². The van der Waals surface area contributed by atoms with Gasteiger partial charge in [-0.05, 0) is 50.7 Å². The predicted molar refractivity (Wildman–Crippen MR) is 93.5 cm³/mol. The van der Waals surface area contributed by atoms with Gasteiger partial charge in [0.05, 0.1) is 17.8 Å². The maximum absolute atomic E-state index is 10.7. The molecule has 130 valence electrons. The third kappa shape index (κ3) is 4.26. The molecule has 6 heteroatoms. The summed E-state index contributed by atoms with van der Waals surface area (Å²) in [4.78, 5) is 10.7. The van der Waals surface area contributed by atoms with Crippen molar-refractivity contribution >= 4 is 19.2 Å². The number of carboxylic acid groups (broad SMARTS) is 1. The fourth-order valence-corrected chi connectivity index (χ4v) is 2.49. The quantitative estimate of drug-likeness (QED) is 0.784. The lowest BCUT2D eigenvalue weighted by Crippen LogP contribution is -2.41. The monoisotopic (exact) mass is 332 g/mol. The molecule has 1 heterocycles. The number of aryl methyl sites for hydroxylation is 1. The van der Waals surface area contributed by atoms with E-state index in [9.17, 15) is 9.90 Å².